The number of amides is 1. The van der Waals surface area contributed by atoms with Crippen molar-refractivity contribution in [3.05, 3.63) is 39.1 Å². The van der Waals surface area contributed by atoms with Gasteiger partial charge >= 0.3 is 0 Å². The predicted molar refractivity (Wildman–Crippen MR) is 112 cm³/mol. The Morgan fingerprint density at radius 2 is 2.11 bits per heavy atom. The number of hydrogen-bond donors (Lipinski definition) is 1. The fourth-order valence-corrected chi connectivity index (χ4v) is 5.56. The smallest absolute Gasteiger partial charge is 0.263 e. The maximum Gasteiger partial charge on any atom is 0.263 e. The number of carbonyl (C=O) groups excluding carboxylic acids is 1. The minimum absolute atomic E-state index is 0.0211. The average molecular weight is 402 g/mol. The molecule has 4 rings (SSSR count). The van der Waals surface area contributed by atoms with Gasteiger partial charge in [0, 0.05) is 27.2 Å². The molecule has 0 aromatic carbocycles. The summed E-state index contributed by atoms with van der Waals surface area (Å²) in [6.07, 6.45) is 7.68. The fourth-order valence-electron chi connectivity index (χ4n) is 3.70. The van der Waals surface area contributed by atoms with E-state index in [0.717, 1.165) is 15.3 Å². The number of rotatable bonds is 5. The molecule has 0 radical (unpaired) electrons. The van der Waals surface area contributed by atoms with E-state index in [0.29, 0.717) is 17.8 Å². The van der Waals surface area contributed by atoms with Gasteiger partial charge in [0.1, 0.15) is 11.4 Å². The Labute approximate surface area is 166 Å². The standard InChI is InChI=1S/C20H23N3O2S2/c1-13-7-8-16(27-13)15-11-26-19-18(15)20(25)23(12-22-19)10-17(24)21-9-14-5-3-2-4-6-14/h7-8,11-12,14H,2-6,9-10H2,1H3,(H,21,24). The minimum atomic E-state index is -0.143. The summed E-state index contributed by atoms with van der Waals surface area (Å²) in [5, 5.41) is 5.60. The summed E-state index contributed by atoms with van der Waals surface area (Å²) < 4.78 is 1.43. The molecule has 3 heterocycles. The summed E-state index contributed by atoms with van der Waals surface area (Å²) in [4.78, 5) is 32.7. The number of nitrogens with one attached hydrogen (secondary N) is 1. The lowest BCUT2D eigenvalue weighted by Gasteiger charge is -2.21. The van der Waals surface area contributed by atoms with Crippen molar-refractivity contribution in [2.24, 2.45) is 5.92 Å². The summed E-state index contributed by atoms with van der Waals surface area (Å²) >= 11 is 3.13. The van der Waals surface area contributed by atoms with E-state index in [1.807, 2.05) is 11.4 Å². The maximum absolute atomic E-state index is 13.0. The highest BCUT2D eigenvalue weighted by molar-refractivity contribution is 7.19. The number of thiophene rings is 2. The molecule has 1 aliphatic carbocycles. The third-order valence-electron chi connectivity index (χ3n) is 5.19. The van der Waals surface area contributed by atoms with E-state index >= 15 is 0 Å². The Balaban J connectivity index is 1.53. The van der Waals surface area contributed by atoms with Crippen LogP contribution in [0.5, 0.6) is 0 Å². The van der Waals surface area contributed by atoms with Crippen LogP contribution in [0.1, 0.15) is 37.0 Å². The number of hydrogen-bond acceptors (Lipinski definition) is 5. The first-order valence-electron chi connectivity index (χ1n) is 9.42. The molecular formula is C20H23N3O2S2. The van der Waals surface area contributed by atoms with Gasteiger partial charge < -0.3 is 5.32 Å². The lowest BCUT2D eigenvalue weighted by Crippen LogP contribution is -2.35. The number of aryl methyl sites for hydroxylation is 1. The summed E-state index contributed by atoms with van der Waals surface area (Å²) in [7, 11) is 0. The number of aromatic nitrogens is 2. The van der Waals surface area contributed by atoms with Crippen LogP contribution in [0.2, 0.25) is 0 Å². The summed E-state index contributed by atoms with van der Waals surface area (Å²) in [6, 6.07) is 4.09. The molecule has 0 unspecified atom stereocenters. The molecule has 3 aromatic rings. The van der Waals surface area contributed by atoms with Crippen molar-refractivity contribution in [2.75, 3.05) is 6.54 Å². The lowest BCUT2D eigenvalue weighted by atomic mass is 9.89. The molecule has 0 bridgehead atoms. The molecule has 142 valence electrons. The first kappa shape index (κ1) is 18.4. The van der Waals surface area contributed by atoms with Crippen LogP contribution in [0, 0.1) is 12.8 Å². The van der Waals surface area contributed by atoms with Gasteiger partial charge in [0.15, 0.2) is 0 Å². The van der Waals surface area contributed by atoms with E-state index in [2.05, 4.69) is 23.3 Å². The normalized spacial score (nSPS) is 15.3. The molecule has 27 heavy (non-hydrogen) atoms. The van der Waals surface area contributed by atoms with Crippen molar-refractivity contribution in [1.82, 2.24) is 14.9 Å². The van der Waals surface area contributed by atoms with Crippen molar-refractivity contribution in [3.63, 3.8) is 0 Å². The van der Waals surface area contributed by atoms with Crippen LogP contribution in [0.3, 0.4) is 0 Å². The Morgan fingerprint density at radius 1 is 1.30 bits per heavy atom. The zero-order valence-corrected chi connectivity index (χ0v) is 17.0. The van der Waals surface area contributed by atoms with Gasteiger partial charge in [-0.05, 0) is 37.8 Å². The van der Waals surface area contributed by atoms with Crippen LogP contribution in [0.25, 0.3) is 20.7 Å². The van der Waals surface area contributed by atoms with Crippen LogP contribution in [-0.4, -0.2) is 22.0 Å². The van der Waals surface area contributed by atoms with Gasteiger partial charge in [-0.15, -0.1) is 22.7 Å². The molecule has 1 amide bonds. The number of fused-ring (bicyclic) bond motifs is 1. The molecular weight excluding hydrogens is 378 g/mol. The van der Waals surface area contributed by atoms with Gasteiger partial charge in [0.25, 0.3) is 5.56 Å². The van der Waals surface area contributed by atoms with Crippen molar-refractivity contribution >= 4 is 38.8 Å². The minimum Gasteiger partial charge on any atom is -0.354 e. The largest absolute Gasteiger partial charge is 0.354 e. The van der Waals surface area contributed by atoms with Gasteiger partial charge in [-0.2, -0.15) is 0 Å². The third kappa shape index (κ3) is 3.99. The van der Waals surface area contributed by atoms with Crippen LogP contribution < -0.4 is 10.9 Å². The number of carbonyl (C=O) groups is 1. The molecule has 0 atom stereocenters. The quantitative estimate of drug-likeness (QED) is 0.697. The van der Waals surface area contributed by atoms with Crippen molar-refractivity contribution < 1.29 is 4.79 Å². The third-order valence-corrected chi connectivity index (χ3v) is 7.11. The molecule has 7 heteroatoms. The molecule has 1 aliphatic rings. The second-order valence-electron chi connectivity index (χ2n) is 7.23. The van der Waals surface area contributed by atoms with E-state index < -0.39 is 0 Å². The zero-order chi connectivity index (χ0) is 18.8. The monoisotopic (exact) mass is 401 g/mol. The number of nitrogens with zero attached hydrogens (tertiary/aromatic N) is 2. The van der Waals surface area contributed by atoms with Gasteiger partial charge in [-0.3, -0.25) is 14.2 Å². The van der Waals surface area contributed by atoms with Gasteiger partial charge in [0.2, 0.25) is 5.91 Å². The first-order chi connectivity index (χ1) is 13.1. The molecule has 3 aromatic heterocycles. The van der Waals surface area contributed by atoms with Crippen LogP contribution >= 0.6 is 22.7 Å². The lowest BCUT2D eigenvalue weighted by molar-refractivity contribution is -0.121. The molecule has 1 saturated carbocycles. The Bertz CT molecular complexity index is 1010. The molecule has 1 N–H and O–H groups in total. The van der Waals surface area contributed by atoms with Crippen LogP contribution in [0.4, 0.5) is 0 Å². The van der Waals surface area contributed by atoms with Gasteiger partial charge in [-0.25, -0.2) is 4.98 Å². The second kappa shape index (κ2) is 7.94. The highest BCUT2D eigenvalue weighted by atomic mass is 32.1. The zero-order valence-electron chi connectivity index (χ0n) is 15.4. The van der Waals surface area contributed by atoms with Crippen LogP contribution in [-0.2, 0) is 11.3 Å². The van der Waals surface area contributed by atoms with E-state index in [1.165, 1.54) is 59.2 Å². The maximum atomic E-state index is 13.0. The topological polar surface area (TPSA) is 64.0 Å². The average Bonchev–Trinajstić information content (AvgIpc) is 3.29. The van der Waals surface area contributed by atoms with Crippen molar-refractivity contribution in [3.8, 4) is 10.4 Å². The molecule has 0 aliphatic heterocycles. The van der Waals surface area contributed by atoms with Crippen LogP contribution in [0.15, 0.2) is 28.6 Å². The first-order valence-corrected chi connectivity index (χ1v) is 11.1. The summed E-state index contributed by atoms with van der Waals surface area (Å²) in [6.45, 7) is 2.78. The molecule has 0 saturated heterocycles. The van der Waals surface area contributed by atoms with E-state index in [4.69, 9.17) is 0 Å². The Hall–Kier alpha value is -1.99. The highest BCUT2D eigenvalue weighted by Crippen LogP contribution is 2.34. The van der Waals surface area contributed by atoms with Gasteiger partial charge in [-0.1, -0.05) is 19.3 Å². The van der Waals surface area contributed by atoms with E-state index in [1.54, 1.807) is 11.3 Å². The highest BCUT2D eigenvalue weighted by Gasteiger charge is 2.17. The van der Waals surface area contributed by atoms with Gasteiger partial charge in [0.05, 0.1) is 11.7 Å². The van der Waals surface area contributed by atoms with E-state index in [9.17, 15) is 9.59 Å². The van der Waals surface area contributed by atoms with Crippen molar-refractivity contribution in [2.45, 2.75) is 45.6 Å². The molecule has 1 fully saturated rings. The predicted octanol–water partition coefficient (Wildman–Crippen LogP) is 4.19. The molecule has 5 nitrogen and oxygen atoms in total. The summed E-state index contributed by atoms with van der Waals surface area (Å²) in [5.74, 6) is 0.457. The van der Waals surface area contributed by atoms with Crippen molar-refractivity contribution in [1.29, 1.82) is 0 Å². The molecule has 0 spiro atoms. The second-order valence-corrected chi connectivity index (χ2v) is 9.37. The SMILES string of the molecule is Cc1ccc(-c2csc3ncn(CC(=O)NCC4CCCCC4)c(=O)c23)s1. The summed E-state index contributed by atoms with van der Waals surface area (Å²) in [5.41, 5.74) is 0.776. The Kier molecular flexibility index (Phi) is 5.41. The Morgan fingerprint density at radius 3 is 2.85 bits per heavy atom. The van der Waals surface area contributed by atoms with E-state index in [-0.39, 0.29) is 18.0 Å². The fraction of sp³-hybridized carbons (Fsp3) is 0.450.